The predicted molar refractivity (Wildman–Crippen MR) is 70.8 cm³/mol. The Morgan fingerprint density at radius 2 is 1.84 bits per heavy atom. The van der Waals surface area contributed by atoms with Crippen molar-refractivity contribution in [1.82, 2.24) is 0 Å². The number of anilines is 1. The number of carbonyl (C=O) groups excluding carboxylic acids is 1. The van der Waals surface area contributed by atoms with Crippen LogP contribution in [0.5, 0.6) is 0 Å². The summed E-state index contributed by atoms with van der Waals surface area (Å²) in [5.41, 5.74) is 1.52. The van der Waals surface area contributed by atoms with Gasteiger partial charge in [0, 0.05) is 0 Å². The van der Waals surface area contributed by atoms with Crippen LogP contribution in [0.25, 0.3) is 11.8 Å². The van der Waals surface area contributed by atoms with Crippen molar-refractivity contribution in [3.8, 4) is 0 Å². The highest BCUT2D eigenvalue weighted by Crippen LogP contribution is 2.33. The molecule has 0 spiro atoms. The minimum atomic E-state index is -0.611. The zero-order valence-electron chi connectivity index (χ0n) is 9.89. The lowest BCUT2D eigenvalue weighted by Crippen LogP contribution is -2.20. The molecule has 3 nitrogen and oxygen atoms in total. The van der Waals surface area contributed by atoms with E-state index in [2.05, 4.69) is 5.32 Å². The first-order valence-corrected chi connectivity index (χ1v) is 5.78. The molecular formula is C15H10FNO2. The highest BCUT2D eigenvalue weighted by Gasteiger charge is 2.24. The van der Waals surface area contributed by atoms with Gasteiger partial charge in [-0.3, -0.25) is 5.32 Å². The van der Waals surface area contributed by atoms with Crippen LogP contribution < -0.4 is 5.32 Å². The Bertz CT molecular complexity index is 665. The lowest BCUT2D eigenvalue weighted by Gasteiger charge is -2.20. The summed E-state index contributed by atoms with van der Waals surface area (Å²) in [7, 11) is 0. The highest BCUT2D eigenvalue weighted by atomic mass is 19.1. The molecular weight excluding hydrogens is 245 g/mol. The fourth-order valence-corrected chi connectivity index (χ4v) is 1.97. The summed E-state index contributed by atoms with van der Waals surface area (Å²) in [4.78, 5) is 11.4. The first-order valence-electron chi connectivity index (χ1n) is 5.78. The van der Waals surface area contributed by atoms with Crippen molar-refractivity contribution in [2.75, 3.05) is 5.32 Å². The van der Waals surface area contributed by atoms with Crippen LogP contribution >= 0.6 is 0 Å². The molecule has 0 fully saturated rings. The smallest absolute Gasteiger partial charge is 0.409 e. The van der Waals surface area contributed by atoms with E-state index in [1.165, 1.54) is 6.07 Å². The van der Waals surface area contributed by atoms with E-state index in [1.54, 1.807) is 18.2 Å². The van der Waals surface area contributed by atoms with Crippen LogP contribution in [0, 0.1) is 5.82 Å². The van der Waals surface area contributed by atoms with Gasteiger partial charge in [0.1, 0.15) is 11.6 Å². The minimum Gasteiger partial charge on any atom is -0.409 e. The van der Waals surface area contributed by atoms with Crippen molar-refractivity contribution in [3.63, 3.8) is 0 Å². The summed E-state index contributed by atoms with van der Waals surface area (Å²) in [6.45, 7) is 0. The summed E-state index contributed by atoms with van der Waals surface area (Å²) >= 11 is 0. The van der Waals surface area contributed by atoms with E-state index in [1.807, 2.05) is 30.3 Å². The Balaban J connectivity index is 2.14. The van der Waals surface area contributed by atoms with Gasteiger partial charge in [0.05, 0.1) is 11.3 Å². The molecule has 19 heavy (non-hydrogen) atoms. The van der Waals surface area contributed by atoms with E-state index < -0.39 is 11.9 Å². The normalized spacial score (nSPS) is 15.6. The molecule has 3 rings (SSSR count). The number of amides is 1. The lowest BCUT2D eigenvalue weighted by atomic mass is 10.1. The first kappa shape index (κ1) is 11.5. The second-order valence-electron chi connectivity index (χ2n) is 4.10. The maximum absolute atomic E-state index is 13.9. The molecule has 1 amide bonds. The number of rotatable bonds is 1. The molecule has 1 heterocycles. The molecule has 0 aliphatic carbocycles. The van der Waals surface area contributed by atoms with Gasteiger partial charge in [-0.05, 0) is 23.8 Å². The van der Waals surface area contributed by atoms with Gasteiger partial charge in [-0.1, -0.05) is 36.4 Å². The second kappa shape index (κ2) is 4.57. The lowest BCUT2D eigenvalue weighted by molar-refractivity contribution is 0.205. The molecule has 0 unspecified atom stereocenters. The Morgan fingerprint density at radius 1 is 1.05 bits per heavy atom. The molecule has 0 saturated heterocycles. The molecule has 0 atom stereocenters. The first-order chi connectivity index (χ1) is 9.24. The third-order valence-electron chi connectivity index (χ3n) is 2.80. The van der Waals surface area contributed by atoms with E-state index in [9.17, 15) is 9.18 Å². The molecule has 0 radical (unpaired) electrons. The van der Waals surface area contributed by atoms with Gasteiger partial charge < -0.3 is 4.74 Å². The van der Waals surface area contributed by atoms with Crippen molar-refractivity contribution in [3.05, 3.63) is 65.5 Å². The quantitative estimate of drug-likeness (QED) is 0.839. The third kappa shape index (κ3) is 2.20. The average molecular weight is 255 g/mol. The van der Waals surface area contributed by atoms with Gasteiger partial charge in [0.25, 0.3) is 0 Å². The summed E-state index contributed by atoms with van der Waals surface area (Å²) in [5, 5.41) is 2.47. The molecule has 0 saturated carbocycles. The van der Waals surface area contributed by atoms with Crippen molar-refractivity contribution >= 4 is 23.6 Å². The van der Waals surface area contributed by atoms with Gasteiger partial charge in [0.15, 0.2) is 0 Å². The zero-order chi connectivity index (χ0) is 13.2. The largest absolute Gasteiger partial charge is 0.417 e. The van der Waals surface area contributed by atoms with Gasteiger partial charge in [-0.15, -0.1) is 0 Å². The van der Waals surface area contributed by atoms with Gasteiger partial charge in [-0.2, -0.15) is 0 Å². The van der Waals surface area contributed by atoms with E-state index in [0.717, 1.165) is 5.56 Å². The molecule has 4 heteroatoms. The number of nitrogens with one attached hydrogen (secondary N) is 1. The Hall–Kier alpha value is -2.62. The monoisotopic (exact) mass is 255 g/mol. The molecule has 0 aromatic heterocycles. The van der Waals surface area contributed by atoms with Crippen molar-refractivity contribution < 1.29 is 13.9 Å². The summed E-state index contributed by atoms with van der Waals surface area (Å²) in [6, 6.07) is 13.8. The number of cyclic esters (lactones) is 1. The van der Waals surface area contributed by atoms with Crippen LogP contribution in [0.2, 0.25) is 0 Å². The standard InChI is InChI=1S/C15H10FNO2/c16-11-7-4-8-12-14(11)13(19-15(18)17-12)9-10-5-2-1-3-6-10/h1-9H,(H,17,18)/b13-9-. The van der Waals surface area contributed by atoms with Crippen LogP contribution in [0.4, 0.5) is 14.9 Å². The Morgan fingerprint density at radius 3 is 2.63 bits per heavy atom. The molecule has 2 aromatic carbocycles. The van der Waals surface area contributed by atoms with Crippen LogP contribution in [0.3, 0.4) is 0 Å². The van der Waals surface area contributed by atoms with Gasteiger partial charge in [-0.25, -0.2) is 9.18 Å². The number of hydrogen-bond acceptors (Lipinski definition) is 2. The van der Waals surface area contributed by atoms with Crippen molar-refractivity contribution in [2.45, 2.75) is 0 Å². The van der Waals surface area contributed by atoms with Crippen LogP contribution in [-0.4, -0.2) is 6.09 Å². The van der Waals surface area contributed by atoms with E-state index >= 15 is 0 Å². The second-order valence-corrected chi connectivity index (χ2v) is 4.10. The fraction of sp³-hybridized carbons (Fsp3) is 0. The highest BCUT2D eigenvalue weighted by molar-refractivity contribution is 6.00. The van der Waals surface area contributed by atoms with Crippen LogP contribution in [0.1, 0.15) is 11.1 Å². The average Bonchev–Trinajstić information content (AvgIpc) is 2.39. The number of halogens is 1. The number of hydrogen-bond donors (Lipinski definition) is 1. The number of ether oxygens (including phenoxy) is 1. The van der Waals surface area contributed by atoms with Crippen LogP contribution in [-0.2, 0) is 4.74 Å². The summed E-state index contributed by atoms with van der Waals surface area (Å²) in [6.07, 6.45) is 1.03. The number of benzene rings is 2. The van der Waals surface area contributed by atoms with E-state index in [0.29, 0.717) is 5.69 Å². The summed E-state index contributed by atoms with van der Waals surface area (Å²) in [5.74, 6) is -0.220. The number of fused-ring (bicyclic) bond motifs is 1. The topological polar surface area (TPSA) is 38.3 Å². The van der Waals surface area contributed by atoms with E-state index in [4.69, 9.17) is 4.74 Å². The molecule has 1 aliphatic heterocycles. The molecule has 2 aromatic rings. The zero-order valence-corrected chi connectivity index (χ0v) is 9.89. The SMILES string of the molecule is O=C1Nc2cccc(F)c2/C(=C/c2ccccc2)O1. The molecule has 0 bridgehead atoms. The Labute approximate surface area is 109 Å². The number of carbonyl (C=O) groups is 1. The fourth-order valence-electron chi connectivity index (χ4n) is 1.97. The maximum Gasteiger partial charge on any atom is 0.417 e. The van der Waals surface area contributed by atoms with E-state index in [-0.39, 0.29) is 11.3 Å². The molecule has 1 N–H and O–H groups in total. The predicted octanol–water partition coefficient (Wildman–Crippen LogP) is 3.89. The minimum absolute atomic E-state index is 0.211. The van der Waals surface area contributed by atoms with Crippen molar-refractivity contribution in [1.29, 1.82) is 0 Å². The van der Waals surface area contributed by atoms with Crippen molar-refractivity contribution in [2.24, 2.45) is 0 Å². The molecule has 94 valence electrons. The molecule has 1 aliphatic rings. The van der Waals surface area contributed by atoms with Gasteiger partial charge in [0.2, 0.25) is 0 Å². The Kier molecular flexibility index (Phi) is 2.76. The van der Waals surface area contributed by atoms with Gasteiger partial charge >= 0.3 is 6.09 Å². The summed E-state index contributed by atoms with van der Waals surface area (Å²) < 4.78 is 18.9. The third-order valence-corrected chi connectivity index (χ3v) is 2.80. The van der Waals surface area contributed by atoms with Crippen LogP contribution in [0.15, 0.2) is 48.5 Å². The maximum atomic E-state index is 13.9.